The highest BCUT2D eigenvalue weighted by Gasteiger charge is 2.09. The lowest BCUT2D eigenvalue weighted by atomic mass is 10.1. The molecule has 0 fully saturated rings. The monoisotopic (exact) mass is 337 g/mol. The number of halogens is 1. The number of rotatable bonds is 5. The van der Waals surface area contributed by atoms with Crippen molar-refractivity contribution in [2.24, 2.45) is 0 Å². The van der Waals surface area contributed by atoms with Crippen LogP contribution in [0.1, 0.15) is 11.1 Å². The Labute approximate surface area is 126 Å². The maximum absolute atomic E-state index is 9.78. The first-order valence-electron chi connectivity index (χ1n) is 6.13. The molecule has 0 radical (unpaired) electrons. The van der Waals surface area contributed by atoms with Crippen LogP contribution in [-0.4, -0.2) is 17.3 Å². The zero-order valence-corrected chi connectivity index (χ0v) is 12.6. The quantitative estimate of drug-likeness (QED) is 0.729. The van der Waals surface area contributed by atoms with E-state index in [0.717, 1.165) is 15.7 Å². The van der Waals surface area contributed by atoms with Gasteiger partial charge in [-0.3, -0.25) is 0 Å². The molecule has 2 aromatic carbocycles. The highest BCUT2D eigenvalue weighted by molar-refractivity contribution is 9.10. The standard InChI is InChI=1S/C15H16BrNO3/c1-20-9-11-12(16)5-3-6-13(11)17-8-10-4-2-7-14(18)15(10)19/h2-7,17-19H,8-9H2,1H3. The average Bonchev–Trinajstić information content (AvgIpc) is 2.44. The van der Waals surface area contributed by atoms with E-state index in [0.29, 0.717) is 18.7 Å². The Bertz CT molecular complexity index is 602. The van der Waals surface area contributed by atoms with Gasteiger partial charge in [0.05, 0.1) is 6.61 Å². The molecule has 0 aromatic heterocycles. The Hall–Kier alpha value is -1.72. The van der Waals surface area contributed by atoms with E-state index in [9.17, 15) is 10.2 Å². The molecule has 0 aliphatic heterocycles. The largest absolute Gasteiger partial charge is 0.504 e. The SMILES string of the molecule is COCc1c(Br)cccc1NCc1cccc(O)c1O. The number of aromatic hydroxyl groups is 2. The van der Waals surface area contributed by atoms with Crippen molar-refractivity contribution in [2.45, 2.75) is 13.2 Å². The number of benzene rings is 2. The molecule has 0 heterocycles. The minimum Gasteiger partial charge on any atom is -0.504 e. The Morgan fingerprint density at radius 1 is 1.15 bits per heavy atom. The fourth-order valence-corrected chi connectivity index (χ4v) is 2.41. The van der Waals surface area contributed by atoms with Crippen LogP contribution >= 0.6 is 15.9 Å². The Morgan fingerprint density at radius 2 is 1.90 bits per heavy atom. The third-order valence-electron chi connectivity index (χ3n) is 2.98. The molecule has 0 amide bonds. The summed E-state index contributed by atoms with van der Waals surface area (Å²) in [5, 5.41) is 22.5. The number of nitrogens with one attached hydrogen (secondary N) is 1. The summed E-state index contributed by atoms with van der Waals surface area (Å²) in [6, 6.07) is 10.7. The summed E-state index contributed by atoms with van der Waals surface area (Å²) in [6.45, 7) is 0.892. The van der Waals surface area contributed by atoms with Crippen LogP contribution in [0.2, 0.25) is 0 Å². The topological polar surface area (TPSA) is 61.7 Å². The van der Waals surface area contributed by atoms with Crippen molar-refractivity contribution in [3.05, 3.63) is 52.0 Å². The van der Waals surface area contributed by atoms with E-state index in [1.807, 2.05) is 18.2 Å². The maximum atomic E-state index is 9.78. The second-order valence-corrected chi connectivity index (χ2v) is 5.19. The molecule has 0 atom stereocenters. The number of ether oxygens (including phenoxy) is 1. The lowest BCUT2D eigenvalue weighted by Gasteiger charge is -2.14. The average molecular weight is 338 g/mol. The van der Waals surface area contributed by atoms with Crippen molar-refractivity contribution in [1.82, 2.24) is 0 Å². The van der Waals surface area contributed by atoms with E-state index in [2.05, 4.69) is 21.2 Å². The Kier molecular flexibility index (Phi) is 4.87. The number of phenolic OH excluding ortho intramolecular Hbond substituents is 2. The summed E-state index contributed by atoms with van der Waals surface area (Å²) in [7, 11) is 1.64. The minimum atomic E-state index is -0.115. The number of methoxy groups -OCH3 is 1. The van der Waals surface area contributed by atoms with Gasteiger partial charge in [0, 0.05) is 34.9 Å². The number of hydrogen-bond acceptors (Lipinski definition) is 4. The van der Waals surface area contributed by atoms with Gasteiger partial charge in [0.15, 0.2) is 11.5 Å². The predicted octanol–water partition coefficient (Wildman–Crippen LogP) is 3.62. The molecule has 106 valence electrons. The molecule has 4 nitrogen and oxygen atoms in total. The van der Waals surface area contributed by atoms with E-state index < -0.39 is 0 Å². The summed E-state index contributed by atoms with van der Waals surface area (Å²) in [5.41, 5.74) is 2.56. The second-order valence-electron chi connectivity index (χ2n) is 4.34. The highest BCUT2D eigenvalue weighted by Crippen LogP contribution is 2.30. The molecule has 0 aliphatic rings. The molecule has 0 aliphatic carbocycles. The first-order chi connectivity index (χ1) is 9.63. The molecule has 0 bridgehead atoms. The first kappa shape index (κ1) is 14.7. The minimum absolute atomic E-state index is 0.0942. The van der Waals surface area contributed by atoms with Crippen LogP contribution in [0.25, 0.3) is 0 Å². The Balaban J connectivity index is 2.19. The van der Waals surface area contributed by atoms with E-state index in [1.54, 1.807) is 19.2 Å². The van der Waals surface area contributed by atoms with Crippen molar-refractivity contribution in [3.8, 4) is 11.5 Å². The highest BCUT2D eigenvalue weighted by atomic mass is 79.9. The third-order valence-corrected chi connectivity index (χ3v) is 3.72. The number of phenols is 2. The molecule has 2 aromatic rings. The third kappa shape index (κ3) is 3.23. The summed E-state index contributed by atoms with van der Waals surface area (Å²) in [5.74, 6) is -0.209. The van der Waals surface area contributed by atoms with Gasteiger partial charge >= 0.3 is 0 Å². The van der Waals surface area contributed by atoms with Gasteiger partial charge in [-0.15, -0.1) is 0 Å². The van der Waals surface area contributed by atoms with Crippen LogP contribution in [0, 0.1) is 0 Å². The summed E-state index contributed by atoms with van der Waals surface area (Å²) < 4.78 is 6.15. The molecule has 3 N–H and O–H groups in total. The van der Waals surface area contributed by atoms with Gasteiger partial charge < -0.3 is 20.3 Å². The van der Waals surface area contributed by atoms with Crippen LogP contribution < -0.4 is 5.32 Å². The summed E-state index contributed by atoms with van der Waals surface area (Å²) in [6.07, 6.45) is 0. The molecule has 0 unspecified atom stereocenters. The lowest BCUT2D eigenvalue weighted by Crippen LogP contribution is -2.04. The van der Waals surface area contributed by atoms with Crippen molar-refractivity contribution in [3.63, 3.8) is 0 Å². The fourth-order valence-electron chi connectivity index (χ4n) is 1.93. The molecule has 2 rings (SSSR count). The maximum Gasteiger partial charge on any atom is 0.162 e. The van der Waals surface area contributed by atoms with Crippen molar-refractivity contribution in [2.75, 3.05) is 12.4 Å². The van der Waals surface area contributed by atoms with E-state index in [1.165, 1.54) is 6.07 Å². The fraction of sp³-hybridized carbons (Fsp3) is 0.200. The smallest absolute Gasteiger partial charge is 0.162 e. The Morgan fingerprint density at radius 3 is 2.65 bits per heavy atom. The summed E-state index contributed by atoms with van der Waals surface area (Å²) >= 11 is 3.49. The van der Waals surface area contributed by atoms with Crippen molar-refractivity contribution >= 4 is 21.6 Å². The number of hydrogen-bond donors (Lipinski definition) is 3. The zero-order chi connectivity index (χ0) is 14.5. The molecular weight excluding hydrogens is 322 g/mol. The van der Waals surface area contributed by atoms with Gasteiger partial charge in [-0.25, -0.2) is 0 Å². The second kappa shape index (κ2) is 6.63. The van der Waals surface area contributed by atoms with Gasteiger partial charge in [-0.1, -0.05) is 34.1 Å². The summed E-state index contributed by atoms with van der Waals surface area (Å²) in [4.78, 5) is 0. The van der Waals surface area contributed by atoms with E-state index in [4.69, 9.17) is 4.74 Å². The molecule has 0 saturated carbocycles. The van der Waals surface area contributed by atoms with Crippen molar-refractivity contribution in [1.29, 1.82) is 0 Å². The van der Waals surface area contributed by atoms with Crippen LogP contribution in [0.5, 0.6) is 11.5 Å². The lowest BCUT2D eigenvalue weighted by molar-refractivity contribution is 0.185. The number of anilines is 1. The van der Waals surface area contributed by atoms with Gasteiger partial charge in [0.1, 0.15) is 0 Å². The van der Waals surface area contributed by atoms with Crippen molar-refractivity contribution < 1.29 is 14.9 Å². The zero-order valence-electron chi connectivity index (χ0n) is 11.1. The normalized spacial score (nSPS) is 10.5. The van der Waals surface area contributed by atoms with Gasteiger partial charge in [0.2, 0.25) is 0 Å². The predicted molar refractivity (Wildman–Crippen MR) is 82.0 cm³/mol. The van der Waals surface area contributed by atoms with Gasteiger partial charge in [-0.2, -0.15) is 0 Å². The first-order valence-corrected chi connectivity index (χ1v) is 6.92. The molecular formula is C15H16BrNO3. The number of para-hydroxylation sites is 1. The van der Waals surface area contributed by atoms with Crippen LogP contribution in [-0.2, 0) is 17.9 Å². The van der Waals surface area contributed by atoms with Crippen LogP contribution in [0.3, 0.4) is 0 Å². The van der Waals surface area contributed by atoms with Gasteiger partial charge in [-0.05, 0) is 18.2 Å². The molecule has 0 spiro atoms. The van der Waals surface area contributed by atoms with Crippen LogP contribution in [0.15, 0.2) is 40.9 Å². The molecule has 20 heavy (non-hydrogen) atoms. The van der Waals surface area contributed by atoms with E-state index in [-0.39, 0.29) is 11.5 Å². The van der Waals surface area contributed by atoms with Crippen LogP contribution in [0.4, 0.5) is 5.69 Å². The molecule has 0 saturated heterocycles. The van der Waals surface area contributed by atoms with E-state index >= 15 is 0 Å². The molecule has 5 heteroatoms. The van der Waals surface area contributed by atoms with Gasteiger partial charge in [0.25, 0.3) is 0 Å².